The molecule has 2 N–H and O–H groups in total. The molecule has 0 aromatic carbocycles. The number of hydrogen-bond acceptors (Lipinski definition) is 4. The van der Waals surface area contributed by atoms with Crippen LogP contribution in [0.3, 0.4) is 0 Å². The minimum Gasteiger partial charge on any atom is -0.395 e. The van der Waals surface area contributed by atoms with Gasteiger partial charge in [0.05, 0.1) is 17.2 Å². The summed E-state index contributed by atoms with van der Waals surface area (Å²) in [6, 6.07) is 3.74. The summed E-state index contributed by atoms with van der Waals surface area (Å²) in [7, 11) is -3.20. The number of aliphatic hydroxyl groups excluding tert-OH is 1. The highest BCUT2D eigenvalue weighted by atomic mass is 32.2. The fourth-order valence-electron chi connectivity index (χ4n) is 1.39. The summed E-state index contributed by atoms with van der Waals surface area (Å²) in [6.07, 6.45) is 1.12. The first-order valence-corrected chi connectivity index (χ1v) is 9.05. The molecule has 0 bridgehead atoms. The van der Waals surface area contributed by atoms with E-state index in [1.807, 2.05) is 26.0 Å². The van der Waals surface area contributed by atoms with Crippen LogP contribution in [0.25, 0.3) is 0 Å². The van der Waals surface area contributed by atoms with Gasteiger partial charge in [0.2, 0.25) is 10.0 Å². The normalized spacial score (nSPS) is 11.4. The Kier molecular flexibility index (Phi) is 7.24. The summed E-state index contributed by atoms with van der Waals surface area (Å²) in [4.78, 5) is 1.82. The van der Waals surface area contributed by atoms with Gasteiger partial charge in [-0.2, -0.15) is 0 Å². The monoisotopic (exact) mass is 315 g/mol. The predicted octanol–water partition coefficient (Wildman–Crippen LogP) is 1.95. The van der Waals surface area contributed by atoms with Crippen LogP contribution < -0.4 is 4.72 Å². The van der Waals surface area contributed by atoms with Crippen molar-refractivity contribution in [1.29, 1.82) is 0 Å². The third kappa shape index (κ3) is 7.06. The van der Waals surface area contributed by atoms with Crippen molar-refractivity contribution >= 4 is 21.4 Å². The van der Waals surface area contributed by atoms with E-state index in [2.05, 4.69) is 16.6 Å². The SMILES string of the molecule is CC(C)CCS(=O)(=O)NCc1ccc(C#CCCO)s1. The van der Waals surface area contributed by atoms with Gasteiger partial charge < -0.3 is 5.11 Å². The highest BCUT2D eigenvalue weighted by Crippen LogP contribution is 2.15. The lowest BCUT2D eigenvalue weighted by atomic mass is 10.2. The maximum absolute atomic E-state index is 11.8. The van der Waals surface area contributed by atoms with Crippen LogP contribution in [0.4, 0.5) is 0 Å². The number of nitrogens with one attached hydrogen (secondary N) is 1. The molecule has 0 aliphatic rings. The molecule has 1 rings (SSSR count). The number of hydrogen-bond donors (Lipinski definition) is 2. The smallest absolute Gasteiger partial charge is 0.211 e. The molecule has 0 radical (unpaired) electrons. The minimum atomic E-state index is -3.20. The lowest BCUT2D eigenvalue weighted by Crippen LogP contribution is -2.26. The molecule has 0 aliphatic carbocycles. The zero-order valence-corrected chi connectivity index (χ0v) is 13.5. The van der Waals surface area contributed by atoms with E-state index in [-0.39, 0.29) is 12.4 Å². The van der Waals surface area contributed by atoms with E-state index in [0.29, 0.717) is 25.3 Å². The van der Waals surface area contributed by atoms with E-state index in [0.717, 1.165) is 9.75 Å². The molecule has 0 saturated heterocycles. The van der Waals surface area contributed by atoms with Gasteiger partial charge in [-0.05, 0) is 24.5 Å². The van der Waals surface area contributed by atoms with Gasteiger partial charge in [0.1, 0.15) is 0 Å². The maximum Gasteiger partial charge on any atom is 0.211 e. The van der Waals surface area contributed by atoms with Gasteiger partial charge in [0.25, 0.3) is 0 Å². The largest absolute Gasteiger partial charge is 0.395 e. The average Bonchev–Trinajstić information content (AvgIpc) is 2.83. The van der Waals surface area contributed by atoms with Crippen LogP contribution in [0.15, 0.2) is 12.1 Å². The van der Waals surface area contributed by atoms with E-state index in [1.165, 1.54) is 11.3 Å². The van der Waals surface area contributed by atoms with Gasteiger partial charge in [-0.3, -0.25) is 0 Å². The first kappa shape index (κ1) is 17.2. The van der Waals surface area contributed by atoms with Gasteiger partial charge in [0, 0.05) is 17.8 Å². The molecule has 4 nitrogen and oxygen atoms in total. The van der Waals surface area contributed by atoms with Gasteiger partial charge in [-0.1, -0.05) is 25.7 Å². The topological polar surface area (TPSA) is 66.4 Å². The first-order chi connectivity index (χ1) is 9.43. The maximum atomic E-state index is 11.8. The first-order valence-electron chi connectivity index (χ1n) is 6.58. The van der Waals surface area contributed by atoms with Crippen molar-refractivity contribution in [3.8, 4) is 11.8 Å². The summed E-state index contributed by atoms with van der Waals surface area (Å²) < 4.78 is 26.1. The van der Waals surface area contributed by atoms with Gasteiger partial charge in [0.15, 0.2) is 0 Å². The van der Waals surface area contributed by atoms with E-state index >= 15 is 0 Å². The molecule has 0 fully saturated rings. The van der Waals surface area contributed by atoms with Crippen LogP contribution >= 0.6 is 11.3 Å². The third-order valence-corrected chi connectivity index (χ3v) is 4.90. The molecular formula is C14H21NO3S2. The molecule has 1 heterocycles. The van der Waals surface area contributed by atoms with Crippen molar-refractivity contribution in [2.45, 2.75) is 33.2 Å². The lowest BCUT2D eigenvalue weighted by Gasteiger charge is -2.07. The Labute approximate surface area is 125 Å². The Hall–Kier alpha value is -0.870. The second-order valence-electron chi connectivity index (χ2n) is 4.86. The van der Waals surface area contributed by atoms with Gasteiger partial charge >= 0.3 is 0 Å². The molecule has 0 aliphatic heterocycles. The van der Waals surface area contributed by atoms with Crippen LogP contribution in [-0.2, 0) is 16.6 Å². The van der Waals surface area contributed by atoms with Crippen LogP contribution in [0.2, 0.25) is 0 Å². The van der Waals surface area contributed by atoms with E-state index in [4.69, 9.17) is 5.11 Å². The number of thiophene rings is 1. The summed E-state index contributed by atoms with van der Waals surface area (Å²) >= 11 is 1.47. The molecule has 0 spiro atoms. The summed E-state index contributed by atoms with van der Waals surface area (Å²) in [5, 5.41) is 8.64. The number of aliphatic hydroxyl groups is 1. The van der Waals surface area contributed by atoms with Crippen molar-refractivity contribution in [3.05, 3.63) is 21.9 Å². The summed E-state index contributed by atoms with van der Waals surface area (Å²) in [5.74, 6) is 6.32. The molecule has 0 saturated carbocycles. The Morgan fingerprint density at radius 2 is 2.15 bits per heavy atom. The van der Waals surface area contributed by atoms with Crippen molar-refractivity contribution < 1.29 is 13.5 Å². The number of sulfonamides is 1. The fraction of sp³-hybridized carbons (Fsp3) is 0.571. The Morgan fingerprint density at radius 1 is 1.40 bits per heavy atom. The van der Waals surface area contributed by atoms with Crippen LogP contribution in [-0.4, -0.2) is 25.9 Å². The zero-order valence-electron chi connectivity index (χ0n) is 11.8. The van der Waals surface area contributed by atoms with Crippen molar-refractivity contribution in [1.82, 2.24) is 4.72 Å². The van der Waals surface area contributed by atoms with E-state index in [1.54, 1.807) is 0 Å². The minimum absolute atomic E-state index is 0.0564. The molecule has 6 heteroatoms. The van der Waals surface area contributed by atoms with Crippen molar-refractivity contribution in [2.24, 2.45) is 5.92 Å². The van der Waals surface area contributed by atoms with Crippen molar-refractivity contribution in [3.63, 3.8) is 0 Å². The quantitative estimate of drug-likeness (QED) is 0.756. The number of rotatable bonds is 7. The van der Waals surface area contributed by atoms with Gasteiger partial charge in [-0.15, -0.1) is 11.3 Å². The average molecular weight is 315 g/mol. The predicted molar refractivity (Wildman–Crippen MR) is 83.0 cm³/mol. The molecule has 20 heavy (non-hydrogen) atoms. The summed E-state index contributed by atoms with van der Waals surface area (Å²) in [6.45, 7) is 4.38. The van der Waals surface area contributed by atoms with E-state index in [9.17, 15) is 8.42 Å². The molecule has 0 unspecified atom stereocenters. The standard InChI is InChI=1S/C14H21NO3S2/c1-12(2)8-10-20(17,18)15-11-14-7-6-13(19-14)5-3-4-9-16/h6-7,12,15-16H,4,8-11H2,1-2H3. The van der Waals surface area contributed by atoms with E-state index < -0.39 is 10.0 Å². The fourth-order valence-corrected chi connectivity index (χ4v) is 3.60. The Balaban J connectivity index is 2.48. The van der Waals surface area contributed by atoms with Crippen LogP contribution in [0.1, 0.15) is 36.4 Å². The Morgan fingerprint density at radius 3 is 2.80 bits per heavy atom. The zero-order chi connectivity index (χ0) is 15.0. The second kappa shape index (κ2) is 8.42. The molecule has 1 aromatic rings. The molecular weight excluding hydrogens is 294 g/mol. The molecule has 112 valence electrons. The summed E-state index contributed by atoms with van der Waals surface area (Å²) in [5.41, 5.74) is 0. The molecule has 0 atom stereocenters. The Bertz CT molecular complexity index is 565. The molecule has 0 amide bonds. The highest BCUT2D eigenvalue weighted by Gasteiger charge is 2.11. The third-order valence-electron chi connectivity index (χ3n) is 2.54. The second-order valence-corrected chi connectivity index (χ2v) is 7.96. The lowest BCUT2D eigenvalue weighted by molar-refractivity contribution is 0.305. The van der Waals surface area contributed by atoms with Crippen molar-refractivity contribution in [2.75, 3.05) is 12.4 Å². The molecule has 1 aromatic heterocycles. The van der Waals surface area contributed by atoms with Crippen LogP contribution in [0, 0.1) is 17.8 Å². The van der Waals surface area contributed by atoms with Crippen LogP contribution in [0.5, 0.6) is 0 Å². The highest BCUT2D eigenvalue weighted by molar-refractivity contribution is 7.89. The van der Waals surface area contributed by atoms with Gasteiger partial charge in [-0.25, -0.2) is 13.1 Å².